The number of rotatable bonds is 15. The maximum atomic E-state index is 14.6. The fraction of sp³-hybridized carbons (Fsp3) is 0.471. The van der Waals surface area contributed by atoms with E-state index in [-0.39, 0.29) is 59.3 Å². The van der Waals surface area contributed by atoms with Gasteiger partial charge in [0.1, 0.15) is 22.6 Å². The van der Waals surface area contributed by atoms with Gasteiger partial charge in [-0.1, -0.05) is 72.8 Å². The van der Waals surface area contributed by atoms with Gasteiger partial charge in [-0.2, -0.15) is 0 Å². The Balaban J connectivity index is 0.000000162. The van der Waals surface area contributed by atoms with E-state index < -0.39 is 11.1 Å². The van der Waals surface area contributed by atoms with Gasteiger partial charge in [0.2, 0.25) is 0 Å². The molecule has 0 aliphatic carbocycles. The van der Waals surface area contributed by atoms with Crippen molar-refractivity contribution in [3.8, 4) is 11.5 Å². The summed E-state index contributed by atoms with van der Waals surface area (Å²) >= 11 is 0. The second kappa shape index (κ2) is 23.7. The fourth-order valence-electron chi connectivity index (χ4n) is 16.1. The molecule has 6 amide bonds. The van der Waals surface area contributed by atoms with E-state index in [0.29, 0.717) is 97.6 Å². The Hall–Kier alpha value is -7.72. The highest BCUT2D eigenvalue weighted by atomic mass is 16.5. The van der Waals surface area contributed by atoms with Crippen LogP contribution < -0.4 is 20.4 Å². The molecule has 464 valence electrons. The van der Waals surface area contributed by atoms with Gasteiger partial charge in [0, 0.05) is 168 Å². The maximum Gasteiger partial charge on any atom is 0.328 e. The van der Waals surface area contributed by atoms with Gasteiger partial charge in [0.15, 0.2) is 0 Å². The third kappa shape index (κ3) is 10.2. The van der Waals surface area contributed by atoms with Crippen LogP contribution in [0.25, 0.3) is 21.5 Å². The number of hydrogen-bond acceptors (Lipinski definition) is 16. The molecule has 8 saturated heterocycles. The van der Waals surface area contributed by atoms with Crippen molar-refractivity contribution in [1.82, 2.24) is 39.2 Å². The van der Waals surface area contributed by atoms with Crippen LogP contribution in [0.5, 0.6) is 11.5 Å². The number of amides is 6. The lowest BCUT2D eigenvalue weighted by Gasteiger charge is -2.33. The molecule has 6 atom stereocenters. The Morgan fingerprint density at radius 2 is 0.886 bits per heavy atom. The first-order chi connectivity index (χ1) is 42.5. The molecule has 14 rings (SSSR count). The molecule has 0 unspecified atom stereocenters. The van der Waals surface area contributed by atoms with E-state index in [1.165, 1.54) is 9.80 Å². The minimum Gasteiger partial charge on any atom is -0.506 e. The molecule has 0 saturated carbocycles. The number of likely N-dealkylation sites (tertiary alicyclic amines) is 2. The lowest BCUT2D eigenvalue weighted by Crippen LogP contribution is -2.51. The normalized spacial score (nSPS) is 25.7. The predicted molar refractivity (Wildman–Crippen MR) is 342 cm³/mol. The van der Waals surface area contributed by atoms with Crippen LogP contribution in [0.15, 0.2) is 109 Å². The van der Waals surface area contributed by atoms with Crippen LogP contribution in [0.4, 0.5) is 32.3 Å². The number of urea groups is 2. The summed E-state index contributed by atoms with van der Waals surface area (Å²) < 4.78 is 11.0. The minimum atomic E-state index is -0.913. The van der Waals surface area contributed by atoms with Gasteiger partial charge in [-0.25, -0.2) is 9.59 Å². The number of nitrogens with zero attached hydrogens (tertiary/aromatic N) is 11. The summed E-state index contributed by atoms with van der Waals surface area (Å²) in [4.78, 5) is 80.0. The number of phenols is 2. The molecule has 2 spiro atoms. The van der Waals surface area contributed by atoms with Crippen LogP contribution in [0.3, 0.4) is 0 Å². The molecule has 8 heterocycles. The first-order valence-corrected chi connectivity index (χ1v) is 31.3. The van der Waals surface area contributed by atoms with Gasteiger partial charge in [-0.05, 0) is 82.3 Å². The van der Waals surface area contributed by atoms with Crippen molar-refractivity contribution in [3.63, 3.8) is 0 Å². The van der Waals surface area contributed by atoms with Crippen molar-refractivity contribution in [2.45, 2.75) is 49.1 Å². The Morgan fingerprint density at radius 3 is 1.30 bits per heavy atom. The first kappa shape index (κ1) is 59.3. The number of morpholine rings is 2. The third-order valence-electron chi connectivity index (χ3n) is 20.3. The molecule has 8 fully saturated rings. The van der Waals surface area contributed by atoms with E-state index >= 15 is 0 Å². The molecule has 0 bridgehead atoms. The molecule has 4 N–H and O–H groups in total. The SMILES string of the molecule is CN(C)c1ccc(CN2C[C@H]3C[C@H](c4ccc(N(C)C)c5ccccc45)N4C(=O)N(CCN5CCOCC5)C(=O)[C@]34C2)cc1O.CN(C)c1ccc([C@H]2C[C@@H]3CN(Cc4ccc(N)c(O)c4)C[C@@]34C(=O)N(CCN3CCOCC3)C(=O)N24)c2ccccc12. The third-order valence-corrected chi connectivity index (χ3v) is 20.3. The quantitative estimate of drug-likeness (QED) is 0.0560. The van der Waals surface area contributed by atoms with Crippen molar-refractivity contribution >= 4 is 68.2 Å². The van der Waals surface area contributed by atoms with Crippen molar-refractivity contribution in [2.24, 2.45) is 11.8 Å². The zero-order valence-corrected chi connectivity index (χ0v) is 51.7. The topological polar surface area (TPSA) is 189 Å². The van der Waals surface area contributed by atoms with Crippen LogP contribution >= 0.6 is 0 Å². The highest BCUT2D eigenvalue weighted by molar-refractivity contribution is 6.10. The summed E-state index contributed by atoms with van der Waals surface area (Å²) in [6.07, 6.45) is 1.46. The number of ether oxygens (including phenoxy) is 2. The van der Waals surface area contributed by atoms with E-state index in [9.17, 15) is 29.4 Å². The van der Waals surface area contributed by atoms with Crippen LogP contribution in [-0.4, -0.2) is 232 Å². The van der Waals surface area contributed by atoms with Gasteiger partial charge in [0.25, 0.3) is 11.8 Å². The smallest absolute Gasteiger partial charge is 0.328 e. The lowest BCUT2D eigenvalue weighted by molar-refractivity contribution is -0.134. The molecule has 88 heavy (non-hydrogen) atoms. The van der Waals surface area contributed by atoms with Crippen LogP contribution in [-0.2, 0) is 32.2 Å². The summed E-state index contributed by atoms with van der Waals surface area (Å²) in [5.74, 6) is 0.176. The number of carbonyl (C=O) groups excluding carboxylic acids is 4. The number of nitrogen functional groups attached to an aromatic ring is 1. The second-order valence-electron chi connectivity index (χ2n) is 26.0. The largest absolute Gasteiger partial charge is 0.506 e. The number of carbonyl (C=O) groups is 4. The minimum absolute atomic E-state index is 0.00278. The summed E-state index contributed by atoms with van der Waals surface area (Å²) in [7, 11) is 12.0. The number of nitrogens with two attached hydrogens (primary N) is 1. The van der Waals surface area contributed by atoms with E-state index in [4.69, 9.17) is 15.2 Å². The van der Waals surface area contributed by atoms with E-state index in [1.54, 1.807) is 12.1 Å². The molecule has 0 aromatic heterocycles. The van der Waals surface area contributed by atoms with Gasteiger partial charge in [-0.15, -0.1) is 0 Å². The molecular weight excluding hydrogens is 1110 g/mol. The number of fused-ring (bicyclic) bond motifs is 2. The van der Waals surface area contributed by atoms with Crippen LogP contribution in [0.2, 0.25) is 0 Å². The number of hydrogen-bond donors (Lipinski definition) is 3. The Bertz CT molecular complexity index is 3660. The molecular formula is C68H84N12O8. The number of phenolic OH excluding ortho intramolecular Hbond substituents is 2. The van der Waals surface area contributed by atoms with E-state index in [2.05, 4.69) is 96.1 Å². The number of benzene rings is 6. The maximum absolute atomic E-state index is 14.6. The standard InChI is InChI=1S/C35H44N6O4.C33H40N6O4/c1-36(2)29-12-10-28(26-7-5-6-8-27(26)29)31-20-25-22-39(21-24-9-11-30(37(3)4)32(42)19-24)23-35(25)33(43)40(34(44)41(31)35)14-13-38-15-17-45-18-16-38;1-35(2)28-10-8-26(24-5-3-4-6-25(24)28)29-18-23-20-37(19-22-7-9-27(34)30(40)17-22)21-33(23)31(41)38(32(42)39(29)33)12-11-36-13-15-43-16-14-36/h5-12,19,25,31,42H,13-18,20-23H2,1-4H3;3-10,17,23,29,40H,11-16,18-21,34H2,1-2H3/t25-,31-,35+;23-,29-,33+/m11/s1. The predicted octanol–water partition coefficient (Wildman–Crippen LogP) is 6.70. The van der Waals surface area contributed by atoms with Crippen LogP contribution in [0.1, 0.15) is 47.2 Å². The number of imide groups is 2. The van der Waals surface area contributed by atoms with Crippen molar-refractivity contribution in [3.05, 3.63) is 131 Å². The van der Waals surface area contributed by atoms with Gasteiger partial charge >= 0.3 is 12.1 Å². The summed E-state index contributed by atoms with van der Waals surface area (Å²) in [5, 5.41) is 25.4. The van der Waals surface area contributed by atoms with E-state index in [1.807, 2.05) is 87.3 Å². The second-order valence-corrected chi connectivity index (χ2v) is 26.0. The highest BCUT2D eigenvalue weighted by Crippen LogP contribution is 2.58. The molecule has 8 aliphatic rings. The van der Waals surface area contributed by atoms with Crippen molar-refractivity contribution < 1.29 is 38.9 Å². The number of anilines is 4. The zero-order chi connectivity index (χ0) is 61.3. The monoisotopic (exact) mass is 1200 g/mol. The first-order valence-electron chi connectivity index (χ1n) is 31.3. The Morgan fingerprint density at radius 1 is 0.489 bits per heavy atom. The average Bonchev–Trinajstić information content (AvgIpc) is 1.54. The Labute approximate surface area is 515 Å². The summed E-state index contributed by atoms with van der Waals surface area (Å²) in [5.41, 5.74) is 11.5. The van der Waals surface area contributed by atoms with Crippen molar-refractivity contribution in [2.75, 3.05) is 168 Å². The molecule has 0 radical (unpaired) electrons. The van der Waals surface area contributed by atoms with Gasteiger partial charge in [-0.3, -0.25) is 39.0 Å². The fourth-order valence-corrected chi connectivity index (χ4v) is 16.1. The molecule has 6 aromatic carbocycles. The van der Waals surface area contributed by atoms with Crippen molar-refractivity contribution in [1.29, 1.82) is 0 Å². The lowest BCUT2D eigenvalue weighted by atomic mass is 9.87. The Kier molecular flexibility index (Phi) is 15.9. The van der Waals surface area contributed by atoms with Crippen LogP contribution in [0, 0.1) is 11.8 Å². The summed E-state index contributed by atoms with van der Waals surface area (Å²) in [6, 6.07) is 35.7. The van der Waals surface area contributed by atoms with Gasteiger partial charge in [0.05, 0.1) is 49.9 Å². The summed E-state index contributed by atoms with van der Waals surface area (Å²) in [6.45, 7) is 11.5. The highest BCUT2D eigenvalue weighted by Gasteiger charge is 2.71. The number of aromatic hydroxyl groups is 2. The molecule has 6 aromatic rings. The van der Waals surface area contributed by atoms with Gasteiger partial charge < -0.3 is 49.9 Å². The molecule has 20 heteroatoms. The average molecular weight is 1200 g/mol. The van der Waals surface area contributed by atoms with E-state index in [0.717, 1.165) is 99.9 Å². The zero-order valence-electron chi connectivity index (χ0n) is 51.7. The molecule has 8 aliphatic heterocycles. The molecule has 20 nitrogen and oxygen atoms in total.